The van der Waals surface area contributed by atoms with Crippen LogP contribution in [-0.4, -0.2) is 51.1 Å². The third-order valence-corrected chi connectivity index (χ3v) is 4.13. The van der Waals surface area contributed by atoms with E-state index in [9.17, 15) is 19.7 Å². The molecule has 2 amide bonds. The van der Waals surface area contributed by atoms with Gasteiger partial charge in [0.1, 0.15) is 0 Å². The van der Waals surface area contributed by atoms with Crippen molar-refractivity contribution in [3.8, 4) is 0 Å². The lowest BCUT2D eigenvalue weighted by molar-refractivity contribution is -0.384. The van der Waals surface area contributed by atoms with Crippen molar-refractivity contribution >= 4 is 28.9 Å². The van der Waals surface area contributed by atoms with Gasteiger partial charge in [0, 0.05) is 63.4 Å². The number of methoxy groups -OCH3 is 1. The topological polar surface area (TPSA) is 114 Å². The van der Waals surface area contributed by atoms with Gasteiger partial charge in [-0.05, 0) is 36.8 Å². The molecule has 0 unspecified atom stereocenters. The molecule has 0 radical (unpaired) electrons. The van der Waals surface area contributed by atoms with Crippen LogP contribution in [0.25, 0.3) is 0 Å². The van der Waals surface area contributed by atoms with Crippen LogP contribution in [0, 0.1) is 10.1 Å². The maximum atomic E-state index is 12.6. The molecule has 0 spiro atoms. The summed E-state index contributed by atoms with van der Waals surface area (Å²) in [7, 11) is 5.25. The number of anilines is 2. The largest absolute Gasteiger partial charge is 0.385 e. The van der Waals surface area contributed by atoms with Gasteiger partial charge in [-0.3, -0.25) is 19.7 Å². The van der Waals surface area contributed by atoms with Crippen LogP contribution in [0.4, 0.5) is 17.1 Å². The molecular weight excluding hydrogens is 376 g/mol. The second kappa shape index (κ2) is 10.2. The molecule has 0 bridgehead atoms. The average molecular weight is 400 g/mol. The van der Waals surface area contributed by atoms with Crippen LogP contribution >= 0.6 is 0 Å². The second-order valence-electron chi connectivity index (χ2n) is 6.49. The molecule has 2 rings (SSSR count). The average Bonchev–Trinajstić information content (AvgIpc) is 2.70. The van der Waals surface area contributed by atoms with E-state index < -0.39 is 10.8 Å². The molecule has 154 valence electrons. The highest BCUT2D eigenvalue weighted by molar-refractivity contribution is 6.06. The van der Waals surface area contributed by atoms with Crippen molar-refractivity contribution in [3.05, 3.63) is 63.7 Å². The van der Waals surface area contributed by atoms with Gasteiger partial charge in [-0.25, -0.2) is 0 Å². The Labute approximate surface area is 168 Å². The van der Waals surface area contributed by atoms with E-state index in [0.717, 1.165) is 0 Å². The first-order valence-electron chi connectivity index (χ1n) is 8.97. The minimum atomic E-state index is -0.529. The van der Waals surface area contributed by atoms with Crippen LogP contribution in [-0.2, 0) is 4.74 Å². The maximum Gasteiger partial charge on any atom is 0.269 e. The van der Waals surface area contributed by atoms with Crippen LogP contribution in [0.2, 0.25) is 0 Å². The van der Waals surface area contributed by atoms with Crippen LogP contribution in [0.5, 0.6) is 0 Å². The van der Waals surface area contributed by atoms with Gasteiger partial charge in [-0.1, -0.05) is 0 Å². The van der Waals surface area contributed by atoms with Crippen LogP contribution in [0.15, 0.2) is 42.5 Å². The Balaban J connectivity index is 2.17. The molecule has 9 nitrogen and oxygen atoms in total. The molecule has 0 heterocycles. The number of hydrogen-bond donors (Lipinski definition) is 2. The van der Waals surface area contributed by atoms with Crippen LogP contribution < -0.4 is 15.5 Å². The summed E-state index contributed by atoms with van der Waals surface area (Å²) in [5, 5.41) is 16.3. The number of carbonyl (C=O) groups excluding carboxylic acids is 2. The quantitative estimate of drug-likeness (QED) is 0.380. The lowest BCUT2D eigenvalue weighted by Crippen LogP contribution is -2.27. The molecule has 0 aromatic heterocycles. The number of nitrogens with zero attached hydrogens (tertiary/aromatic N) is 2. The summed E-state index contributed by atoms with van der Waals surface area (Å²) in [6, 6.07) is 10.3. The Bertz CT molecular complexity index is 881. The molecule has 29 heavy (non-hydrogen) atoms. The van der Waals surface area contributed by atoms with E-state index in [1.807, 2.05) is 19.0 Å². The van der Waals surface area contributed by atoms with E-state index >= 15 is 0 Å². The predicted octanol–water partition coefficient (Wildman–Crippen LogP) is 2.68. The SMILES string of the molecule is COCCCNC(=O)c1cc(NC(=O)c2ccc([N+](=O)[O-])cc2)ccc1N(C)C. The zero-order chi connectivity index (χ0) is 21.4. The van der Waals surface area contributed by atoms with Gasteiger partial charge in [-0.15, -0.1) is 0 Å². The molecule has 0 aliphatic carbocycles. The van der Waals surface area contributed by atoms with Gasteiger partial charge in [0.25, 0.3) is 17.5 Å². The Morgan fingerprint density at radius 3 is 2.38 bits per heavy atom. The first kappa shape index (κ1) is 21.8. The van der Waals surface area contributed by atoms with Gasteiger partial charge in [0.15, 0.2) is 0 Å². The van der Waals surface area contributed by atoms with Crippen molar-refractivity contribution in [1.29, 1.82) is 0 Å². The summed E-state index contributed by atoms with van der Waals surface area (Å²) in [6.45, 7) is 1.02. The van der Waals surface area contributed by atoms with Gasteiger partial charge in [0.2, 0.25) is 0 Å². The zero-order valence-electron chi connectivity index (χ0n) is 16.6. The molecule has 9 heteroatoms. The summed E-state index contributed by atoms with van der Waals surface area (Å²) < 4.78 is 4.97. The standard InChI is InChI=1S/C20H24N4O5/c1-23(2)18-10-7-15(13-17(18)20(26)21-11-4-12-29-3)22-19(25)14-5-8-16(9-6-14)24(27)28/h5-10,13H,4,11-12H2,1-3H3,(H,21,26)(H,22,25). The highest BCUT2D eigenvalue weighted by Crippen LogP contribution is 2.23. The van der Waals surface area contributed by atoms with Crippen LogP contribution in [0.3, 0.4) is 0 Å². The first-order chi connectivity index (χ1) is 13.8. The van der Waals surface area contributed by atoms with Gasteiger partial charge in [-0.2, -0.15) is 0 Å². The Morgan fingerprint density at radius 1 is 1.10 bits per heavy atom. The molecule has 0 aliphatic heterocycles. The summed E-state index contributed by atoms with van der Waals surface area (Å²) in [5.74, 6) is -0.680. The van der Waals surface area contributed by atoms with Crippen molar-refractivity contribution in [1.82, 2.24) is 5.32 Å². The number of ether oxygens (including phenoxy) is 1. The highest BCUT2D eigenvalue weighted by atomic mass is 16.6. The third kappa shape index (κ3) is 6.01. The molecule has 2 N–H and O–H groups in total. The Morgan fingerprint density at radius 2 is 1.79 bits per heavy atom. The molecule has 0 saturated heterocycles. The number of carbonyl (C=O) groups is 2. The molecule has 0 saturated carbocycles. The number of nitro groups is 1. The normalized spacial score (nSPS) is 10.3. The van der Waals surface area contributed by atoms with E-state index in [1.165, 1.54) is 24.3 Å². The molecular formula is C20H24N4O5. The van der Waals surface area contributed by atoms with E-state index in [-0.39, 0.29) is 17.2 Å². The maximum absolute atomic E-state index is 12.6. The van der Waals surface area contributed by atoms with Crippen molar-refractivity contribution in [2.24, 2.45) is 0 Å². The van der Waals surface area contributed by atoms with Gasteiger partial charge >= 0.3 is 0 Å². The van der Waals surface area contributed by atoms with Gasteiger partial charge in [0.05, 0.1) is 10.5 Å². The summed E-state index contributed by atoms with van der Waals surface area (Å²) >= 11 is 0. The van der Waals surface area contributed by atoms with Crippen molar-refractivity contribution in [2.45, 2.75) is 6.42 Å². The molecule has 2 aromatic carbocycles. The van der Waals surface area contributed by atoms with Crippen LogP contribution in [0.1, 0.15) is 27.1 Å². The smallest absolute Gasteiger partial charge is 0.269 e. The second-order valence-corrected chi connectivity index (χ2v) is 6.49. The lowest BCUT2D eigenvalue weighted by Gasteiger charge is -2.18. The van der Waals surface area contributed by atoms with Crippen molar-refractivity contribution in [3.63, 3.8) is 0 Å². The number of non-ortho nitro benzene ring substituents is 1. The number of amides is 2. The summed E-state index contributed by atoms with van der Waals surface area (Å²) in [4.78, 5) is 37.0. The summed E-state index contributed by atoms with van der Waals surface area (Å²) in [6.07, 6.45) is 0.691. The summed E-state index contributed by atoms with van der Waals surface area (Å²) in [5.41, 5.74) is 1.76. The van der Waals surface area contributed by atoms with Gasteiger partial charge < -0.3 is 20.3 Å². The number of nitro benzene ring substituents is 1. The number of rotatable bonds is 9. The molecule has 0 aliphatic rings. The number of nitrogens with one attached hydrogen (secondary N) is 2. The lowest BCUT2D eigenvalue weighted by atomic mass is 10.1. The Kier molecular flexibility index (Phi) is 7.67. The first-order valence-corrected chi connectivity index (χ1v) is 8.97. The zero-order valence-corrected chi connectivity index (χ0v) is 16.6. The minimum absolute atomic E-state index is 0.0932. The Hall–Kier alpha value is -3.46. The minimum Gasteiger partial charge on any atom is -0.385 e. The molecule has 2 aromatic rings. The monoisotopic (exact) mass is 400 g/mol. The van der Waals surface area contributed by atoms with E-state index in [2.05, 4.69) is 10.6 Å². The fourth-order valence-electron chi connectivity index (χ4n) is 2.64. The van der Waals surface area contributed by atoms with E-state index in [0.29, 0.717) is 36.5 Å². The van der Waals surface area contributed by atoms with E-state index in [1.54, 1.807) is 25.3 Å². The predicted molar refractivity (Wildman–Crippen MR) is 111 cm³/mol. The highest BCUT2D eigenvalue weighted by Gasteiger charge is 2.15. The van der Waals surface area contributed by atoms with E-state index in [4.69, 9.17) is 4.74 Å². The number of hydrogen-bond acceptors (Lipinski definition) is 6. The van der Waals surface area contributed by atoms with Crippen molar-refractivity contribution in [2.75, 3.05) is 44.6 Å². The third-order valence-electron chi connectivity index (χ3n) is 4.13. The fraction of sp³-hybridized carbons (Fsp3) is 0.300. The molecule has 0 atom stereocenters. The van der Waals surface area contributed by atoms with Crippen molar-refractivity contribution < 1.29 is 19.2 Å². The molecule has 0 fully saturated rings. The number of benzene rings is 2. The fourth-order valence-corrected chi connectivity index (χ4v) is 2.64.